The van der Waals surface area contributed by atoms with Gasteiger partial charge in [-0.1, -0.05) is 23.7 Å². The van der Waals surface area contributed by atoms with Gasteiger partial charge in [0.05, 0.1) is 9.92 Å². The highest BCUT2D eigenvalue weighted by Gasteiger charge is 2.29. The minimum atomic E-state index is -3.73. The highest BCUT2D eigenvalue weighted by molar-refractivity contribution is 8.13. The molecule has 0 spiro atoms. The molecule has 0 fully saturated rings. The third-order valence-corrected chi connectivity index (χ3v) is 6.40. The van der Waals surface area contributed by atoms with Crippen molar-refractivity contribution in [3.63, 3.8) is 0 Å². The zero-order chi connectivity index (χ0) is 17.6. The molecule has 2 aliphatic heterocycles. The van der Waals surface area contributed by atoms with Crippen molar-refractivity contribution in [1.82, 2.24) is 5.32 Å². The SMILES string of the molecule is O=S(=O)(Cl)c1ccc(C2CNCCc3c2cc2c(c3Cl)OOC2)cc1. The van der Waals surface area contributed by atoms with Crippen LogP contribution in [0.3, 0.4) is 0 Å². The Morgan fingerprint density at radius 2 is 1.96 bits per heavy atom. The van der Waals surface area contributed by atoms with Crippen molar-refractivity contribution in [2.24, 2.45) is 0 Å². The second kappa shape index (κ2) is 6.45. The van der Waals surface area contributed by atoms with Crippen molar-refractivity contribution in [3.05, 3.63) is 57.6 Å². The van der Waals surface area contributed by atoms with Crippen molar-refractivity contribution in [2.45, 2.75) is 23.8 Å². The molecule has 2 aliphatic rings. The van der Waals surface area contributed by atoms with E-state index < -0.39 is 9.05 Å². The number of rotatable bonds is 2. The van der Waals surface area contributed by atoms with Crippen molar-refractivity contribution in [1.29, 1.82) is 0 Å². The average Bonchev–Trinajstić information content (AvgIpc) is 2.94. The Labute approximate surface area is 155 Å². The van der Waals surface area contributed by atoms with Gasteiger partial charge in [0.1, 0.15) is 6.61 Å². The highest BCUT2D eigenvalue weighted by Crippen LogP contribution is 2.43. The van der Waals surface area contributed by atoms with Gasteiger partial charge in [0.25, 0.3) is 9.05 Å². The lowest BCUT2D eigenvalue weighted by Crippen LogP contribution is -2.20. The normalized spacial score (nSPS) is 19.7. The number of hydrogen-bond donors (Lipinski definition) is 1. The summed E-state index contributed by atoms with van der Waals surface area (Å²) < 4.78 is 22.9. The first-order chi connectivity index (χ1) is 11.9. The fourth-order valence-corrected chi connectivity index (χ4v) is 4.52. The molecule has 0 saturated heterocycles. The van der Waals surface area contributed by atoms with Crippen LogP contribution in [-0.4, -0.2) is 21.5 Å². The van der Waals surface area contributed by atoms with Crippen LogP contribution in [0.25, 0.3) is 0 Å². The maximum Gasteiger partial charge on any atom is 0.261 e. The number of hydrogen-bond acceptors (Lipinski definition) is 5. The van der Waals surface area contributed by atoms with Crippen LogP contribution in [0.2, 0.25) is 5.02 Å². The molecule has 1 N–H and O–H groups in total. The lowest BCUT2D eigenvalue weighted by molar-refractivity contribution is -0.194. The predicted octanol–water partition coefficient (Wildman–Crippen LogP) is 3.37. The van der Waals surface area contributed by atoms with Crippen LogP contribution in [0.4, 0.5) is 0 Å². The summed E-state index contributed by atoms with van der Waals surface area (Å²) in [5.41, 5.74) is 4.07. The lowest BCUT2D eigenvalue weighted by Gasteiger charge is -2.20. The summed E-state index contributed by atoms with van der Waals surface area (Å²) in [7, 11) is 1.67. The van der Waals surface area contributed by atoms with Gasteiger partial charge in [0.2, 0.25) is 0 Å². The fourth-order valence-electron chi connectivity index (χ4n) is 3.39. The van der Waals surface area contributed by atoms with Gasteiger partial charge in [-0.2, -0.15) is 4.89 Å². The van der Waals surface area contributed by atoms with Crippen molar-refractivity contribution in [3.8, 4) is 5.75 Å². The summed E-state index contributed by atoms with van der Waals surface area (Å²) in [6.45, 7) is 1.90. The van der Waals surface area contributed by atoms with E-state index in [4.69, 9.17) is 32.1 Å². The monoisotopic (exact) mass is 399 g/mol. The van der Waals surface area contributed by atoms with Gasteiger partial charge in [-0.15, -0.1) is 0 Å². The van der Waals surface area contributed by atoms with Gasteiger partial charge in [-0.05, 0) is 47.9 Å². The summed E-state index contributed by atoms with van der Waals surface area (Å²) in [6, 6.07) is 8.73. The van der Waals surface area contributed by atoms with E-state index in [2.05, 4.69) is 11.4 Å². The van der Waals surface area contributed by atoms with E-state index >= 15 is 0 Å². The number of benzene rings is 2. The largest absolute Gasteiger partial charge is 0.335 e. The molecule has 0 bridgehead atoms. The molecule has 8 heteroatoms. The molecule has 0 aliphatic carbocycles. The minimum Gasteiger partial charge on any atom is -0.335 e. The highest BCUT2D eigenvalue weighted by atomic mass is 35.7. The zero-order valence-electron chi connectivity index (χ0n) is 13.1. The van der Waals surface area contributed by atoms with Crippen LogP contribution in [0.15, 0.2) is 35.2 Å². The molecule has 4 rings (SSSR count). The molecule has 5 nitrogen and oxygen atoms in total. The summed E-state index contributed by atoms with van der Waals surface area (Å²) in [4.78, 5) is 10.3. The first kappa shape index (κ1) is 17.1. The number of nitrogens with one attached hydrogen (secondary N) is 1. The number of halogens is 2. The summed E-state index contributed by atoms with van der Waals surface area (Å²) in [5, 5.41) is 4.01. The molecule has 0 radical (unpaired) electrons. The molecular formula is C17H15Cl2NO4S. The second-order valence-corrected chi connectivity index (χ2v) is 9.05. The van der Waals surface area contributed by atoms with Crippen LogP contribution in [0.1, 0.15) is 28.2 Å². The Balaban J connectivity index is 1.81. The summed E-state index contributed by atoms with van der Waals surface area (Å²) in [6.07, 6.45) is 0.787. The molecule has 1 unspecified atom stereocenters. The van der Waals surface area contributed by atoms with Gasteiger partial charge in [0.15, 0.2) is 5.75 Å². The van der Waals surface area contributed by atoms with E-state index in [1.54, 1.807) is 12.1 Å². The quantitative estimate of drug-likeness (QED) is 0.619. The van der Waals surface area contributed by atoms with Crippen LogP contribution in [-0.2, 0) is 27.0 Å². The standard InChI is InChI=1S/C17H15Cl2NO4S/c18-16-13-5-6-20-8-15(14(13)7-11-9-23-24-17(11)16)10-1-3-12(4-2-10)25(19,21)22/h1-4,7,15,20H,5-6,8-9H2. The van der Waals surface area contributed by atoms with E-state index in [9.17, 15) is 8.42 Å². The lowest BCUT2D eigenvalue weighted by atomic mass is 9.87. The Morgan fingerprint density at radius 1 is 1.20 bits per heavy atom. The van der Waals surface area contributed by atoms with E-state index in [-0.39, 0.29) is 10.8 Å². The molecule has 25 heavy (non-hydrogen) atoms. The van der Waals surface area contributed by atoms with Crippen molar-refractivity contribution in [2.75, 3.05) is 13.1 Å². The van der Waals surface area contributed by atoms with Gasteiger partial charge >= 0.3 is 0 Å². The molecular weight excluding hydrogens is 385 g/mol. The molecule has 2 aromatic carbocycles. The summed E-state index contributed by atoms with van der Waals surface area (Å²) in [5.74, 6) is 0.651. The van der Waals surface area contributed by atoms with Gasteiger partial charge in [0, 0.05) is 28.7 Å². The van der Waals surface area contributed by atoms with Crippen LogP contribution >= 0.6 is 22.3 Å². The van der Waals surface area contributed by atoms with Crippen LogP contribution < -0.4 is 10.2 Å². The van der Waals surface area contributed by atoms with Gasteiger partial charge in [-0.3, -0.25) is 0 Å². The Bertz CT molecular complexity index is 929. The minimum absolute atomic E-state index is 0.0491. The third-order valence-electron chi connectivity index (χ3n) is 4.63. The summed E-state index contributed by atoms with van der Waals surface area (Å²) >= 11 is 6.55. The van der Waals surface area contributed by atoms with Gasteiger partial charge in [-0.25, -0.2) is 8.42 Å². The Kier molecular flexibility index (Phi) is 4.42. The Hall–Kier alpha value is -1.31. The topological polar surface area (TPSA) is 64.6 Å². The van der Waals surface area contributed by atoms with Crippen LogP contribution in [0.5, 0.6) is 5.75 Å². The fraction of sp³-hybridized carbons (Fsp3) is 0.294. The molecule has 0 amide bonds. The average molecular weight is 400 g/mol. The molecule has 0 saturated carbocycles. The third kappa shape index (κ3) is 3.13. The first-order valence-electron chi connectivity index (χ1n) is 7.84. The smallest absolute Gasteiger partial charge is 0.261 e. The Morgan fingerprint density at radius 3 is 2.68 bits per heavy atom. The van der Waals surface area contributed by atoms with Gasteiger partial charge < -0.3 is 10.2 Å². The number of fused-ring (bicyclic) bond motifs is 2. The maximum absolute atomic E-state index is 11.5. The predicted molar refractivity (Wildman–Crippen MR) is 94.8 cm³/mol. The zero-order valence-corrected chi connectivity index (χ0v) is 15.4. The first-order valence-corrected chi connectivity index (χ1v) is 10.5. The van der Waals surface area contributed by atoms with E-state index in [0.29, 0.717) is 17.4 Å². The molecule has 0 aromatic heterocycles. The molecule has 132 valence electrons. The van der Waals surface area contributed by atoms with E-state index in [1.807, 2.05) is 0 Å². The van der Waals surface area contributed by atoms with Crippen LogP contribution in [0, 0.1) is 0 Å². The molecule has 2 heterocycles. The maximum atomic E-state index is 11.5. The van der Waals surface area contributed by atoms with Crippen molar-refractivity contribution >= 4 is 31.3 Å². The van der Waals surface area contributed by atoms with E-state index in [1.165, 1.54) is 12.1 Å². The molecule has 2 aromatic rings. The second-order valence-electron chi connectivity index (χ2n) is 6.11. The van der Waals surface area contributed by atoms with Crippen molar-refractivity contribution < 1.29 is 18.2 Å². The molecule has 1 atom stereocenters. The van der Waals surface area contributed by atoms with E-state index in [0.717, 1.165) is 41.8 Å².